The van der Waals surface area contributed by atoms with Gasteiger partial charge in [-0.1, -0.05) is 55.3 Å². The molecule has 5 rings (SSSR count). The summed E-state index contributed by atoms with van der Waals surface area (Å²) in [5.74, 6) is 0.800. The van der Waals surface area contributed by atoms with E-state index in [2.05, 4.69) is 64.3 Å². The maximum absolute atomic E-state index is 5.61. The van der Waals surface area contributed by atoms with Gasteiger partial charge in [0.15, 0.2) is 5.76 Å². The Morgan fingerprint density at radius 3 is 2.56 bits per heavy atom. The molecule has 27 heavy (non-hydrogen) atoms. The summed E-state index contributed by atoms with van der Waals surface area (Å²) < 4.78 is 7.81. The monoisotopic (exact) mass is 357 g/mol. The number of hydrogen-bond donors (Lipinski definition) is 0. The van der Waals surface area contributed by atoms with Gasteiger partial charge in [-0.15, -0.1) is 0 Å². The number of hydrogen-bond acceptors (Lipinski definition) is 3. The van der Waals surface area contributed by atoms with E-state index < -0.39 is 0 Å². The van der Waals surface area contributed by atoms with Gasteiger partial charge in [0.1, 0.15) is 5.69 Å². The van der Waals surface area contributed by atoms with Crippen LogP contribution in [0.5, 0.6) is 0 Å². The van der Waals surface area contributed by atoms with E-state index in [1.165, 1.54) is 36.8 Å². The third kappa shape index (κ3) is 2.95. The summed E-state index contributed by atoms with van der Waals surface area (Å²) in [6.07, 6.45) is 8.11. The van der Waals surface area contributed by atoms with Crippen molar-refractivity contribution in [3.63, 3.8) is 0 Å². The van der Waals surface area contributed by atoms with Crippen LogP contribution < -0.4 is 0 Å². The Labute approximate surface area is 158 Å². The minimum atomic E-state index is 0.554. The van der Waals surface area contributed by atoms with Crippen LogP contribution in [0.1, 0.15) is 44.2 Å². The lowest BCUT2D eigenvalue weighted by molar-refractivity contribution is 0.435. The molecule has 0 unspecified atom stereocenters. The van der Waals surface area contributed by atoms with Gasteiger partial charge in [-0.3, -0.25) is 4.68 Å². The van der Waals surface area contributed by atoms with E-state index >= 15 is 0 Å². The van der Waals surface area contributed by atoms with Crippen molar-refractivity contribution >= 4 is 10.9 Å². The summed E-state index contributed by atoms with van der Waals surface area (Å²) in [5, 5.41) is 10.1. The minimum Gasteiger partial charge on any atom is -0.356 e. The second kappa shape index (κ2) is 6.69. The van der Waals surface area contributed by atoms with E-state index in [0.29, 0.717) is 6.04 Å². The predicted molar refractivity (Wildman–Crippen MR) is 108 cm³/mol. The highest BCUT2D eigenvalue weighted by Crippen LogP contribution is 2.33. The number of rotatable bonds is 4. The van der Waals surface area contributed by atoms with Crippen LogP contribution in [-0.2, 0) is 6.42 Å². The first-order chi connectivity index (χ1) is 13.3. The Kier molecular flexibility index (Phi) is 4.04. The highest BCUT2D eigenvalue weighted by molar-refractivity contribution is 5.84. The number of aryl methyl sites for hydroxylation is 1. The molecule has 0 atom stereocenters. The van der Waals surface area contributed by atoms with Crippen molar-refractivity contribution in [2.24, 2.45) is 0 Å². The molecule has 0 radical (unpaired) electrons. The maximum atomic E-state index is 5.61. The molecule has 0 saturated heterocycles. The van der Waals surface area contributed by atoms with Crippen LogP contribution >= 0.6 is 0 Å². The molecule has 4 aromatic rings. The molecule has 1 fully saturated rings. The fourth-order valence-electron chi connectivity index (χ4n) is 4.10. The van der Waals surface area contributed by atoms with Gasteiger partial charge in [-0.2, -0.15) is 5.10 Å². The molecule has 0 bridgehead atoms. The molecular formula is C23H23N3O. The van der Waals surface area contributed by atoms with Crippen LogP contribution in [0.25, 0.3) is 33.5 Å². The zero-order valence-electron chi connectivity index (χ0n) is 15.6. The van der Waals surface area contributed by atoms with Crippen molar-refractivity contribution in [3.05, 3.63) is 60.3 Å². The smallest absolute Gasteiger partial charge is 0.167 e. The Hall–Kier alpha value is -2.88. The second-order valence-corrected chi connectivity index (χ2v) is 7.43. The van der Waals surface area contributed by atoms with Crippen LogP contribution in [-0.4, -0.2) is 14.9 Å². The van der Waals surface area contributed by atoms with Gasteiger partial charge >= 0.3 is 0 Å². The molecule has 4 heteroatoms. The van der Waals surface area contributed by atoms with Gasteiger partial charge in [-0.05, 0) is 37.0 Å². The first-order valence-electron chi connectivity index (χ1n) is 9.85. The lowest BCUT2D eigenvalue weighted by Gasteiger charge is -2.11. The van der Waals surface area contributed by atoms with Gasteiger partial charge < -0.3 is 4.52 Å². The van der Waals surface area contributed by atoms with Gasteiger partial charge in [0.2, 0.25) is 0 Å². The predicted octanol–water partition coefficient (Wildman–Crippen LogP) is 6.04. The lowest BCUT2D eigenvalue weighted by Crippen LogP contribution is -2.05. The van der Waals surface area contributed by atoms with E-state index in [1.54, 1.807) is 0 Å². The first kappa shape index (κ1) is 16.3. The summed E-state index contributed by atoms with van der Waals surface area (Å²) in [4.78, 5) is 0. The SMILES string of the molecule is CCc1ccc(-c2cc(-c3ccc4c(cnn4C4CCCC4)c3)no2)cc1. The molecule has 1 aliphatic carbocycles. The highest BCUT2D eigenvalue weighted by atomic mass is 16.5. The zero-order valence-corrected chi connectivity index (χ0v) is 15.6. The van der Waals surface area contributed by atoms with Crippen LogP contribution in [0.4, 0.5) is 0 Å². The highest BCUT2D eigenvalue weighted by Gasteiger charge is 2.19. The summed E-state index contributed by atoms with van der Waals surface area (Å²) in [6, 6.07) is 17.5. The molecule has 1 saturated carbocycles. The summed E-state index contributed by atoms with van der Waals surface area (Å²) in [6.45, 7) is 2.16. The van der Waals surface area contributed by atoms with E-state index in [1.807, 2.05) is 12.3 Å². The van der Waals surface area contributed by atoms with Gasteiger partial charge in [0.05, 0.1) is 17.8 Å². The fourth-order valence-corrected chi connectivity index (χ4v) is 4.10. The average Bonchev–Trinajstić information content (AvgIpc) is 3.47. The standard InChI is InChI=1S/C23H23N3O/c1-2-16-7-9-17(10-8-16)23-14-21(25-27-23)18-11-12-22-19(13-18)15-24-26(22)20-5-3-4-6-20/h7-15,20H,2-6H2,1H3. The third-order valence-corrected chi connectivity index (χ3v) is 5.72. The number of nitrogens with zero attached hydrogens (tertiary/aromatic N) is 3. The number of fused-ring (bicyclic) bond motifs is 1. The lowest BCUT2D eigenvalue weighted by atomic mass is 10.1. The fraction of sp³-hybridized carbons (Fsp3) is 0.304. The Morgan fingerprint density at radius 2 is 1.78 bits per heavy atom. The molecule has 0 amide bonds. The topological polar surface area (TPSA) is 43.9 Å². The van der Waals surface area contributed by atoms with Crippen molar-refractivity contribution < 1.29 is 4.52 Å². The third-order valence-electron chi connectivity index (χ3n) is 5.72. The minimum absolute atomic E-state index is 0.554. The summed E-state index contributed by atoms with van der Waals surface area (Å²) in [7, 11) is 0. The Bertz CT molecular complexity index is 1070. The molecule has 0 N–H and O–H groups in total. The largest absolute Gasteiger partial charge is 0.356 e. The van der Waals surface area contributed by atoms with Crippen LogP contribution in [0.15, 0.2) is 59.3 Å². The molecule has 2 heterocycles. The molecule has 4 nitrogen and oxygen atoms in total. The molecular weight excluding hydrogens is 334 g/mol. The normalized spacial score (nSPS) is 15.0. The van der Waals surface area contributed by atoms with Crippen molar-refractivity contribution in [3.8, 4) is 22.6 Å². The Morgan fingerprint density at radius 1 is 1.00 bits per heavy atom. The molecule has 136 valence electrons. The van der Waals surface area contributed by atoms with Crippen LogP contribution in [0, 0.1) is 0 Å². The van der Waals surface area contributed by atoms with E-state index in [4.69, 9.17) is 4.52 Å². The summed E-state index contributed by atoms with van der Waals surface area (Å²) >= 11 is 0. The van der Waals surface area contributed by atoms with Gasteiger partial charge in [0.25, 0.3) is 0 Å². The second-order valence-electron chi connectivity index (χ2n) is 7.43. The number of aromatic nitrogens is 3. The zero-order chi connectivity index (χ0) is 18.2. The first-order valence-corrected chi connectivity index (χ1v) is 9.85. The van der Waals surface area contributed by atoms with Crippen molar-refractivity contribution in [1.29, 1.82) is 0 Å². The maximum Gasteiger partial charge on any atom is 0.167 e. The van der Waals surface area contributed by atoms with Crippen molar-refractivity contribution in [2.75, 3.05) is 0 Å². The van der Waals surface area contributed by atoms with Gasteiger partial charge in [0, 0.05) is 22.6 Å². The molecule has 2 aromatic heterocycles. The molecule has 1 aliphatic rings. The number of benzene rings is 2. The van der Waals surface area contributed by atoms with Gasteiger partial charge in [-0.25, -0.2) is 0 Å². The van der Waals surface area contributed by atoms with Crippen LogP contribution in [0.2, 0.25) is 0 Å². The van der Waals surface area contributed by atoms with E-state index in [9.17, 15) is 0 Å². The molecule has 0 aliphatic heterocycles. The van der Waals surface area contributed by atoms with Crippen LogP contribution in [0.3, 0.4) is 0 Å². The van der Waals surface area contributed by atoms with E-state index in [-0.39, 0.29) is 0 Å². The van der Waals surface area contributed by atoms with Crippen molar-refractivity contribution in [2.45, 2.75) is 45.1 Å². The Balaban J connectivity index is 1.46. The quantitative estimate of drug-likeness (QED) is 0.447. The molecule has 2 aromatic carbocycles. The van der Waals surface area contributed by atoms with E-state index in [0.717, 1.165) is 34.4 Å². The average molecular weight is 357 g/mol. The summed E-state index contributed by atoms with van der Waals surface area (Å²) in [5.41, 5.74) is 5.52. The van der Waals surface area contributed by atoms with Crippen molar-refractivity contribution in [1.82, 2.24) is 14.9 Å². The molecule has 0 spiro atoms.